The van der Waals surface area contributed by atoms with Gasteiger partial charge < -0.3 is 10.4 Å². The summed E-state index contributed by atoms with van der Waals surface area (Å²) in [5.41, 5.74) is 5.46. The highest BCUT2D eigenvalue weighted by Gasteiger charge is 2.57. The summed E-state index contributed by atoms with van der Waals surface area (Å²) in [6.07, 6.45) is 11.5. The van der Waals surface area contributed by atoms with Gasteiger partial charge in [-0.2, -0.15) is 0 Å². The van der Waals surface area contributed by atoms with E-state index in [1.807, 2.05) is 33.8 Å². The lowest BCUT2D eigenvalue weighted by molar-refractivity contribution is -0.144. The van der Waals surface area contributed by atoms with Crippen molar-refractivity contribution in [3.05, 3.63) is 34.0 Å². The molecule has 4 aliphatic carbocycles. The molecule has 3 N–H and O–H groups in total. The number of carboxylic acid groups (broad SMARTS) is 1. The first-order valence-electron chi connectivity index (χ1n) is 14.7. The number of nitrogens with one attached hydrogen (secondary N) is 2. The third kappa shape index (κ3) is 5.64. The first-order chi connectivity index (χ1) is 18.9. The van der Waals surface area contributed by atoms with Crippen molar-refractivity contribution in [1.82, 2.24) is 10.5 Å². The van der Waals surface area contributed by atoms with Gasteiger partial charge in [0.2, 0.25) is 5.91 Å². The molecule has 40 heavy (non-hydrogen) atoms. The molecular weight excluding hydrogens is 526 g/mol. The minimum absolute atomic E-state index is 0.000507. The number of hydrogen-bond acceptors (Lipinski definition) is 7. The molecule has 3 fully saturated rings. The summed E-state index contributed by atoms with van der Waals surface area (Å²) >= 11 is 1.50. The number of thiazole rings is 1. The summed E-state index contributed by atoms with van der Waals surface area (Å²) in [5.74, 6) is 0.871. The molecule has 0 saturated heterocycles. The Balaban J connectivity index is 1.38. The van der Waals surface area contributed by atoms with E-state index in [2.05, 4.69) is 22.7 Å². The lowest BCUT2D eigenvalue weighted by atomic mass is 9.50. The highest BCUT2D eigenvalue weighted by Crippen LogP contribution is 2.64. The molecule has 3 saturated carbocycles. The van der Waals surface area contributed by atoms with Crippen LogP contribution in [0.3, 0.4) is 0 Å². The summed E-state index contributed by atoms with van der Waals surface area (Å²) in [5, 5.41) is 12.8. The van der Waals surface area contributed by atoms with Gasteiger partial charge in [0.1, 0.15) is 0 Å². The van der Waals surface area contributed by atoms with Crippen LogP contribution < -0.4 is 10.8 Å². The van der Waals surface area contributed by atoms with Crippen molar-refractivity contribution in [2.24, 2.45) is 40.4 Å². The molecule has 0 spiro atoms. The SMILES string of the molecule is Cc1cnc(NC(=O)CC[C@H]2CC[C@@]3(C)CCC4C5C(=CC(=O)C(C(C)(C)C)=C5NOCC(=O)O)CCC4C23)s1. The van der Waals surface area contributed by atoms with Crippen LogP contribution in [0.4, 0.5) is 5.13 Å². The number of aliphatic carboxylic acids is 1. The van der Waals surface area contributed by atoms with Gasteiger partial charge in [-0.15, -0.1) is 11.3 Å². The first kappa shape index (κ1) is 29.0. The van der Waals surface area contributed by atoms with Gasteiger partial charge >= 0.3 is 5.97 Å². The van der Waals surface area contributed by atoms with Gasteiger partial charge in [0, 0.05) is 29.0 Å². The summed E-state index contributed by atoms with van der Waals surface area (Å²) in [7, 11) is 0. The van der Waals surface area contributed by atoms with E-state index >= 15 is 0 Å². The van der Waals surface area contributed by atoms with Crippen LogP contribution >= 0.6 is 11.3 Å². The molecule has 0 aromatic carbocycles. The fraction of sp³-hybridized carbons (Fsp3) is 0.677. The van der Waals surface area contributed by atoms with Crippen LogP contribution in [0.15, 0.2) is 29.1 Å². The Morgan fingerprint density at radius 3 is 2.62 bits per heavy atom. The maximum Gasteiger partial charge on any atom is 0.332 e. The van der Waals surface area contributed by atoms with Gasteiger partial charge in [0.25, 0.3) is 0 Å². The number of carboxylic acids is 1. The summed E-state index contributed by atoms with van der Waals surface area (Å²) in [6, 6.07) is 0. The molecule has 0 aliphatic heterocycles. The van der Waals surface area contributed by atoms with Crippen molar-refractivity contribution in [2.45, 2.75) is 86.0 Å². The summed E-state index contributed by atoms with van der Waals surface area (Å²) in [6.45, 7) is 10.1. The number of nitrogens with zero attached hydrogens (tertiary/aromatic N) is 1. The molecule has 9 heteroatoms. The molecule has 0 radical (unpaired) electrons. The molecule has 1 heterocycles. The van der Waals surface area contributed by atoms with Crippen LogP contribution in [0.1, 0.15) is 83.9 Å². The Hall–Kier alpha value is -2.52. The number of ketones is 1. The number of hydrogen-bond donors (Lipinski definition) is 3. The molecule has 1 aromatic rings. The summed E-state index contributed by atoms with van der Waals surface area (Å²) < 4.78 is 0. The number of carbonyl (C=O) groups excluding carboxylic acids is 2. The Kier molecular flexibility index (Phi) is 8.00. The number of carbonyl (C=O) groups is 3. The number of allylic oxidation sites excluding steroid dienone is 3. The zero-order valence-electron chi connectivity index (χ0n) is 24.3. The predicted molar refractivity (Wildman–Crippen MR) is 154 cm³/mol. The molecular formula is C31H43N3O5S. The van der Waals surface area contributed by atoms with E-state index in [-0.39, 0.29) is 23.0 Å². The molecule has 0 bridgehead atoms. The number of aromatic nitrogens is 1. The third-order valence-corrected chi connectivity index (χ3v) is 10.8. The molecule has 4 unspecified atom stereocenters. The molecule has 1 aromatic heterocycles. The van der Waals surface area contributed by atoms with E-state index in [0.717, 1.165) is 54.7 Å². The van der Waals surface area contributed by atoms with E-state index in [4.69, 9.17) is 4.84 Å². The van der Waals surface area contributed by atoms with Crippen molar-refractivity contribution in [2.75, 3.05) is 11.9 Å². The third-order valence-electron chi connectivity index (χ3n) is 9.93. The Bertz CT molecular complexity index is 1240. The number of anilines is 1. The quantitative estimate of drug-likeness (QED) is 0.326. The van der Waals surface area contributed by atoms with E-state index in [1.165, 1.54) is 17.8 Å². The van der Waals surface area contributed by atoms with Crippen LogP contribution in [0, 0.1) is 47.3 Å². The average Bonchev–Trinajstić information content (AvgIpc) is 3.43. The van der Waals surface area contributed by atoms with Crippen LogP contribution in [0.25, 0.3) is 0 Å². The van der Waals surface area contributed by atoms with Gasteiger partial charge in [0.05, 0.1) is 5.70 Å². The molecule has 218 valence electrons. The Labute approximate surface area is 241 Å². The zero-order chi connectivity index (χ0) is 28.8. The van der Waals surface area contributed by atoms with Crippen LogP contribution in [-0.2, 0) is 19.2 Å². The van der Waals surface area contributed by atoms with Crippen molar-refractivity contribution >= 4 is 34.1 Å². The van der Waals surface area contributed by atoms with Gasteiger partial charge in [-0.05, 0) is 92.4 Å². The fourth-order valence-electron chi connectivity index (χ4n) is 8.53. The van der Waals surface area contributed by atoms with E-state index in [9.17, 15) is 19.5 Å². The molecule has 1 amide bonds. The van der Waals surface area contributed by atoms with E-state index in [0.29, 0.717) is 40.8 Å². The molecule has 4 aliphatic rings. The minimum atomic E-state index is -1.05. The monoisotopic (exact) mass is 569 g/mol. The van der Waals surface area contributed by atoms with Gasteiger partial charge in [-0.3, -0.25) is 19.9 Å². The lowest BCUT2D eigenvalue weighted by Crippen LogP contribution is -2.49. The number of amides is 1. The second-order valence-electron chi connectivity index (χ2n) is 13.6. The first-order valence-corrected chi connectivity index (χ1v) is 15.5. The van der Waals surface area contributed by atoms with Crippen LogP contribution in [-0.4, -0.2) is 34.4 Å². The van der Waals surface area contributed by atoms with Crippen molar-refractivity contribution < 1.29 is 24.3 Å². The Morgan fingerprint density at radius 2 is 1.95 bits per heavy atom. The van der Waals surface area contributed by atoms with E-state index < -0.39 is 18.0 Å². The predicted octanol–water partition coefficient (Wildman–Crippen LogP) is 6.05. The van der Waals surface area contributed by atoms with Gasteiger partial charge in [-0.25, -0.2) is 9.78 Å². The zero-order valence-corrected chi connectivity index (χ0v) is 25.2. The van der Waals surface area contributed by atoms with Crippen molar-refractivity contribution in [1.29, 1.82) is 0 Å². The van der Waals surface area contributed by atoms with Crippen LogP contribution in [0.2, 0.25) is 0 Å². The number of hydroxylamine groups is 1. The molecule has 5 rings (SSSR count). The highest BCUT2D eigenvalue weighted by molar-refractivity contribution is 7.15. The topological polar surface area (TPSA) is 118 Å². The average molecular weight is 570 g/mol. The second kappa shape index (κ2) is 11.0. The van der Waals surface area contributed by atoms with Gasteiger partial charge in [0.15, 0.2) is 17.5 Å². The Morgan fingerprint density at radius 1 is 1.20 bits per heavy atom. The largest absolute Gasteiger partial charge is 0.479 e. The number of rotatable bonds is 8. The molecule has 8 nitrogen and oxygen atoms in total. The minimum Gasteiger partial charge on any atom is -0.479 e. The molecule has 6 atom stereocenters. The lowest BCUT2D eigenvalue weighted by Gasteiger charge is -2.54. The fourth-order valence-corrected chi connectivity index (χ4v) is 9.21. The summed E-state index contributed by atoms with van der Waals surface area (Å²) in [4.78, 5) is 48.1. The normalized spacial score (nSPS) is 31.7. The maximum absolute atomic E-state index is 13.3. The van der Waals surface area contributed by atoms with Crippen molar-refractivity contribution in [3.8, 4) is 0 Å². The smallest absolute Gasteiger partial charge is 0.332 e. The second-order valence-corrected chi connectivity index (χ2v) is 14.9. The van der Waals surface area contributed by atoms with Crippen LogP contribution in [0.5, 0.6) is 0 Å². The number of aryl methyl sites for hydroxylation is 1. The van der Waals surface area contributed by atoms with E-state index in [1.54, 1.807) is 6.20 Å². The maximum atomic E-state index is 13.3. The number of fused-ring (bicyclic) bond motifs is 5. The van der Waals surface area contributed by atoms with Gasteiger partial charge in [-0.1, -0.05) is 33.3 Å². The standard InChI is InChI=1S/C31H43N3O5S/c1-17-15-32-29(40-17)33-23(36)9-7-18-10-12-31(5)13-11-20-21(26(18)31)8-6-19-14-22(35)27(30(2,3)4)28(25(19)20)34-39-16-24(37)38/h14-15,18,20-21,25-26,34H,6-13,16H2,1-5H3,(H,37,38)(H,32,33,36)/t18-,20?,21?,25?,26?,31-/m0/s1. The van der Waals surface area contributed by atoms with Crippen molar-refractivity contribution in [3.63, 3.8) is 0 Å². The highest BCUT2D eigenvalue weighted by atomic mass is 32.1.